The minimum absolute atomic E-state index is 0.0246. The average molecular weight is 365 g/mol. The molecule has 1 atom stereocenters. The Balaban J connectivity index is 1.66. The highest BCUT2D eigenvalue weighted by molar-refractivity contribution is 5.69. The number of aromatic nitrogens is 5. The predicted molar refractivity (Wildman–Crippen MR) is 103 cm³/mol. The van der Waals surface area contributed by atoms with Gasteiger partial charge in [-0.1, -0.05) is 18.2 Å². The number of nitrogens with zero attached hydrogens (tertiary/aromatic N) is 5. The van der Waals surface area contributed by atoms with Crippen molar-refractivity contribution in [2.24, 2.45) is 0 Å². The van der Waals surface area contributed by atoms with E-state index in [9.17, 15) is 5.11 Å². The lowest BCUT2D eigenvalue weighted by Gasteiger charge is -2.27. The molecule has 1 fully saturated rings. The first kappa shape index (κ1) is 17.6. The van der Waals surface area contributed by atoms with Crippen LogP contribution in [0.3, 0.4) is 0 Å². The van der Waals surface area contributed by atoms with Crippen LogP contribution in [0.4, 0.5) is 5.82 Å². The monoisotopic (exact) mass is 365 g/mol. The summed E-state index contributed by atoms with van der Waals surface area (Å²) >= 11 is 0. The van der Waals surface area contributed by atoms with Crippen molar-refractivity contribution >= 4 is 5.82 Å². The first-order valence-corrected chi connectivity index (χ1v) is 9.08. The second-order valence-electron chi connectivity index (χ2n) is 6.99. The van der Waals surface area contributed by atoms with E-state index in [2.05, 4.69) is 37.1 Å². The van der Waals surface area contributed by atoms with Crippen LogP contribution in [0.2, 0.25) is 0 Å². The van der Waals surface area contributed by atoms with Crippen LogP contribution in [0.25, 0.3) is 22.8 Å². The Morgan fingerprint density at radius 2 is 2.22 bits per heavy atom. The number of H-pyrrole nitrogens is 1. The van der Waals surface area contributed by atoms with Gasteiger partial charge in [0.25, 0.3) is 0 Å². The maximum atomic E-state index is 9.35. The van der Waals surface area contributed by atoms with E-state index in [1.54, 1.807) is 6.20 Å². The molecule has 0 spiro atoms. The van der Waals surface area contributed by atoms with Crippen LogP contribution >= 0.6 is 0 Å². The first-order valence-electron chi connectivity index (χ1n) is 9.08. The summed E-state index contributed by atoms with van der Waals surface area (Å²) in [5.41, 5.74) is 8.86. The summed E-state index contributed by atoms with van der Waals surface area (Å²) in [7, 11) is 2.12. The molecule has 1 aliphatic rings. The van der Waals surface area contributed by atoms with Gasteiger partial charge in [0.15, 0.2) is 11.5 Å². The Hall–Kier alpha value is -2.84. The average Bonchev–Trinajstić information content (AvgIpc) is 3.18. The molecule has 8 nitrogen and oxygen atoms in total. The van der Waals surface area contributed by atoms with Crippen molar-refractivity contribution in [1.82, 2.24) is 30.0 Å². The van der Waals surface area contributed by atoms with Crippen molar-refractivity contribution in [3.05, 3.63) is 41.9 Å². The molecule has 3 heterocycles. The van der Waals surface area contributed by atoms with Gasteiger partial charge in [0.05, 0.1) is 18.5 Å². The van der Waals surface area contributed by atoms with Gasteiger partial charge in [-0.15, -0.1) is 0 Å². The number of aliphatic hydroxyl groups is 1. The van der Waals surface area contributed by atoms with Crippen molar-refractivity contribution in [2.75, 3.05) is 25.9 Å². The fraction of sp³-hybridized carbons (Fsp3) is 0.368. The summed E-state index contributed by atoms with van der Waals surface area (Å²) in [6.07, 6.45) is 3.86. The van der Waals surface area contributed by atoms with Crippen molar-refractivity contribution in [3.8, 4) is 22.8 Å². The zero-order valence-electron chi connectivity index (χ0n) is 15.3. The number of aliphatic hydroxyl groups excluding tert-OH is 1. The van der Waals surface area contributed by atoms with Crippen LogP contribution in [0, 0.1) is 0 Å². The van der Waals surface area contributed by atoms with Gasteiger partial charge in [0, 0.05) is 18.0 Å². The van der Waals surface area contributed by atoms with Crippen molar-refractivity contribution in [1.29, 1.82) is 0 Å². The molecule has 1 saturated heterocycles. The third-order valence-corrected chi connectivity index (χ3v) is 4.93. The van der Waals surface area contributed by atoms with Crippen LogP contribution in [0.15, 0.2) is 30.5 Å². The molecule has 27 heavy (non-hydrogen) atoms. The number of hydrogen-bond donors (Lipinski definition) is 3. The maximum absolute atomic E-state index is 9.35. The minimum atomic E-state index is -0.0246. The number of anilines is 1. The fourth-order valence-corrected chi connectivity index (χ4v) is 3.48. The van der Waals surface area contributed by atoms with E-state index in [0.717, 1.165) is 42.9 Å². The number of likely N-dealkylation sites (tertiary alicyclic amines) is 1. The van der Waals surface area contributed by atoms with Gasteiger partial charge in [-0.25, -0.2) is 15.0 Å². The van der Waals surface area contributed by atoms with Gasteiger partial charge in [-0.2, -0.15) is 5.10 Å². The maximum Gasteiger partial charge on any atom is 0.203 e. The van der Waals surface area contributed by atoms with Gasteiger partial charge in [0.1, 0.15) is 5.82 Å². The summed E-state index contributed by atoms with van der Waals surface area (Å²) in [5.74, 6) is 1.96. The van der Waals surface area contributed by atoms with Crippen molar-refractivity contribution in [3.63, 3.8) is 0 Å². The summed E-state index contributed by atoms with van der Waals surface area (Å²) < 4.78 is 0. The number of likely N-dealkylation sites (N-methyl/N-ethyl adjacent to an activating group) is 1. The molecule has 3 aromatic rings. The van der Waals surface area contributed by atoms with Crippen LogP contribution in [-0.2, 0) is 6.61 Å². The minimum Gasteiger partial charge on any atom is -0.392 e. The highest BCUT2D eigenvalue weighted by Gasteiger charge is 2.23. The summed E-state index contributed by atoms with van der Waals surface area (Å²) in [6.45, 7) is 2.05. The second kappa shape index (κ2) is 7.42. The van der Waals surface area contributed by atoms with E-state index in [-0.39, 0.29) is 6.61 Å². The van der Waals surface area contributed by atoms with Gasteiger partial charge < -0.3 is 15.7 Å². The summed E-state index contributed by atoms with van der Waals surface area (Å²) in [5, 5.41) is 16.7. The molecular formula is C19H23N7O. The summed E-state index contributed by atoms with van der Waals surface area (Å²) in [4.78, 5) is 15.9. The molecule has 0 saturated carbocycles. The van der Waals surface area contributed by atoms with E-state index in [1.807, 2.05) is 24.3 Å². The molecule has 1 unspecified atom stereocenters. The third-order valence-electron chi connectivity index (χ3n) is 4.93. The molecule has 140 valence electrons. The Morgan fingerprint density at radius 1 is 1.33 bits per heavy atom. The quantitative estimate of drug-likeness (QED) is 0.645. The van der Waals surface area contributed by atoms with Crippen molar-refractivity contribution < 1.29 is 5.11 Å². The molecule has 2 aromatic heterocycles. The molecular weight excluding hydrogens is 342 g/mol. The van der Waals surface area contributed by atoms with E-state index >= 15 is 0 Å². The molecule has 1 aromatic carbocycles. The molecule has 0 bridgehead atoms. The van der Waals surface area contributed by atoms with Gasteiger partial charge >= 0.3 is 0 Å². The molecule has 0 radical (unpaired) electrons. The Kier molecular flexibility index (Phi) is 4.83. The zero-order chi connectivity index (χ0) is 18.8. The normalized spacial score (nSPS) is 17.9. The molecule has 4 N–H and O–H groups in total. The lowest BCUT2D eigenvalue weighted by Crippen LogP contribution is -2.31. The zero-order valence-corrected chi connectivity index (χ0v) is 15.3. The molecule has 0 amide bonds. The van der Waals surface area contributed by atoms with Crippen LogP contribution in [0.1, 0.15) is 30.1 Å². The number of aromatic amines is 1. The highest BCUT2D eigenvalue weighted by Crippen LogP contribution is 2.27. The molecule has 4 rings (SSSR count). The fourth-order valence-electron chi connectivity index (χ4n) is 3.48. The third kappa shape index (κ3) is 3.67. The van der Waals surface area contributed by atoms with E-state index in [4.69, 9.17) is 5.73 Å². The lowest BCUT2D eigenvalue weighted by molar-refractivity contribution is 0.246. The van der Waals surface area contributed by atoms with Crippen LogP contribution < -0.4 is 5.73 Å². The topological polar surface area (TPSA) is 117 Å². The smallest absolute Gasteiger partial charge is 0.203 e. The molecule has 1 aliphatic heterocycles. The number of nitrogens with one attached hydrogen (secondary N) is 1. The number of benzene rings is 1. The standard InChI is InChI=1S/C19H23N7O/c1-26-7-3-6-14(10-26)18-23-19(25-24-18)16-17(20)21-9-15(22-16)13-5-2-4-12(8-13)11-27/h2,4-5,8-9,14,27H,3,6-7,10-11H2,1H3,(H2,20,21)(H,23,24,25). The SMILES string of the molecule is CN1CCCC(c2nc(-c3nc(-c4cccc(CO)c4)cnc3N)n[nH]2)C1. The molecule has 0 aliphatic carbocycles. The number of nitrogen functional groups attached to an aromatic ring is 1. The number of piperidine rings is 1. The number of hydrogen-bond acceptors (Lipinski definition) is 7. The van der Waals surface area contributed by atoms with E-state index < -0.39 is 0 Å². The van der Waals surface area contributed by atoms with Crippen LogP contribution in [-0.4, -0.2) is 55.3 Å². The predicted octanol–water partition coefficient (Wildman–Crippen LogP) is 1.81. The Bertz CT molecular complexity index is 939. The summed E-state index contributed by atoms with van der Waals surface area (Å²) in [6, 6.07) is 7.54. The van der Waals surface area contributed by atoms with E-state index in [1.165, 1.54) is 0 Å². The van der Waals surface area contributed by atoms with Gasteiger partial charge in [-0.05, 0) is 38.1 Å². The first-order chi connectivity index (χ1) is 13.1. The lowest BCUT2D eigenvalue weighted by atomic mass is 9.98. The number of nitrogens with two attached hydrogens (primary N) is 1. The van der Waals surface area contributed by atoms with Crippen molar-refractivity contribution in [2.45, 2.75) is 25.4 Å². The Labute approximate surface area is 157 Å². The second-order valence-corrected chi connectivity index (χ2v) is 6.99. The highest BCUT2D eigenvalue weighted by atomic mass is 16.3. The van der Waals surface area contributed by atoms with E-state index in [0.29, 0.717) is 28.9 Å². The largest absolute Gasteiger partial charge is 0.392 e. The van der Waals surface area contributed by atoms with Gasteiger partial charge in [0.2, 0.25) is 5.82 Å². The number of rotatable bonds is 4. The van der Waals surface area contributed by atoms with Gasteiger partial charge in [-0.3, -0.25) is 5.10 Å². The van der Waals surface area contributed by atoms with Crippen LogP contribution in [0.5, 0.6) is 0 Å². The molecule has 8 heteroatoms. The Morgan fingerprint density at radius 3 is 3.04 bits per heavy atom.